The molecular formula is C25H21N3O4S. The van der Waals surface area contributed by atoms with Crippen LogP contribution < -0.4 is 14.4 Å². The van der Waals surface area contributed by atoms with Gasteiger partial charge in [-0.15, -0.1) is 0 Å². The maximum atomic E-state index is 12.9. The molecular weight excluding hydrogens is 438 g/mol. The zero-order valence-corrected chi connectivity index (χ0v) is 18.6. The number of nitrogens with one attached hydrogen (secondary N) is 1. The molecule has 1 amide bonds. The van der Waals surface area contributed by atoms with E-state index in [9.17, 15) is 13.2 Å². The van der Waals surface area contributed by atoms with Crippen molar-refractivity contribution in [3.63, 3.8) is 0 Å². The summed E-state index contributed by atoms with van der Waals surface area (Å²) in [4.78, 5) is 18.3. The SMILES string of the molecule is CN(C(=O)c1ccc(S(=O)(=O)Nc2ccncc2)cc1)c1ccc(Oc2ccccc2)cc1. The monoisotopic (exact) mass is 459 g/mol. The van der Waals surface area contributed by atoms with Gasteiger partial charge in [-0.3, -0.25) is 14.5 Å². The van der Waals surface area contributed by atoms with Crippen molar-refractivity contribution in [1.82, 2.24) is 4.98 Å². The van der Waals surface area contributed by atoms with Crippen LogP contribution in [0.4, 0.5) is 11.4 Å². The van der Waals surface area contributed by atoms with Gasteiger partial charge >= 0.3 is 0 Å². The number of carbonyl (C=O) groups excluding carboxylic acids is 1. The first-order chi connectivity index (χ1) is 15.9. The summed E-state index contributed by atoms with van der Waals surface area (Å²) in [5.41, 5.74) is 1.45. The Morgan fingerprint density at radius 3 is 2.06 bits per heavy atom. The normalized spacial score (nSPS) is 10.9. The molecule has 4 aromatic rings. The maximum absolute atomic E-state index is 12.9. The molecule has 0 radical (unpaired) electrons. The minimum Gasteiger partial charge on any atom is -0.457 e. The Labute approximate surface area is 192 Å². The average Bonchev–Trinajstić information content (AvgIpc) is 2.85. The van der Waals surface area contributed by atoms with Gasteiger partial charge in [-0.1, -0.05) is 18.2 Å². The average molecular weight is 460 g/mol. The van der Waals surface area contributed by atoms with Gasteiger partial charge in [0.25, 0.3) is 15.9 Å². The second-order valence-corrected chi connectivity index (χ2v) is 8.82. The Balaban J connectivity index is 1.44. The van der Waals surface area contributed by atoms with Crippen LogP contribution in [-0.2, 0) is 10.0 Å². The number of aromatic nitrogens is 1. The lowest BCUT2D eigenvalue weighted by Crippen LogP contribution is -2.26. The maximum Gasteiger partial charge on any atom is 0.261 e. The summed E-state index contributed by atoms with van der Waals surface area (Å²) in [6.07, 6.45) is 2.99. The molecule has 1 N–H and O–H groups in total. The number of hydrogen-bond donors (Lipinski definition) is 1. The van der Waals surface area contributed by atoms with Gasteiger partial charge in [0.1, 0.15) is 11.5 Å². The summed E-state index contributed by atoms with van der Waals surface area (Å²) >= 11 is 0. The van der Waals surface area contributed by atoms with Crippen molar-refractivity contribution < 1.29 is 17.9 Å². The highest BCUT2D eigenvalue weighted by atomic mass is 32.2. The summed E-state index contributed by atoms with van der Waals surface area (Å²) in [6.45, 7) is 0. The molecule has 0 spiro atoms. The predicted octanol–water partition coefficient (Wildman–Crippen LogP) is 4.95. The van der Waals surface area contributed by atoms with Gasteiger partial charge in [0.15, 0.2) is 0 Å². The Bertz CT molecular complexity index is 1330. The van der Waals surface area contributed by atoms with Crippen molar-refractivity contribution >= 4 is 27.3 Å². The molecule has 3 aromatic carbocycles. The summed E-state index contributed by atoms with van der Waals surface area (Å²) < 4.78 is 33.4. The largest absolute Gasteiger partial charge is 0.457 e. The number of carbonyl (C=O) groups is 1. The van der Waals surface area contributed by atoms with Gasteiger partial charge in [-0.2, -0.15) is 0 Å². The second-order valence-electron chi connectivity index (χ2n) is 7.14. The molecule has 0 aliphatic carbocycles. The fourth-order valence-corrected chi connectivity index (χ4v) is 4.14. The molecule has 1 aromatic heterocycles. The van der Waals surface area contributed by atoms with Gasteiger partial charge in [-0.25, -0.2) is 8.42 Å². The van der Waals surface area contributed by atoms with Crippen LogP contribution in [0.2, 0.25) is 0 Å². The first kappa shape index (κ1) is 22.0. The number of hydrogen-bond acceptors (Lipinski definition) is 5. The molecule has 1 heterocycles. The molecule has 0 bridgehead atoms. The fraction of sp³-hybridized carbons (Fsp3) is 0.0400. The molecule has 0 unspecified atom stereocenters. The first-order valence-electron chi connectivity index (χ1n) is 10.1. The molecule has 166 valence electrons. The van der Waals surface area contributed by atoms with E-state index >= 15 is 0 Å². The number of rotatable bonds is 7. The van der Waals surface area contributed by atoms with E-state index in [-0.39, 0.29) is 10.8 Å². The molecule has 0 atom stereocenters. The zero-order valence-electron chi connectivity index (χ0n) is 17.8. The number of benzene rings is 3. The summed E-state index contributed by atoms with van der Waals surface area (Å²) in [6, 6.07) is 25.5. The molecule has 0 saturated heterocycles. The van der Waals surface area contributed by atoms with Crippen molar-refractivity contribution in [2.24, 2.45) is 0 Å². The Hall–Kier alpha value is -4.17. The minimum absolute atomic E-state index is 0.0564. The van der Waals surface area contributed by atoms with E-state index in [1.54, 1.807) is 43.4 Å². The molecule has 8 heteroatoms. The van der Waals surface area contributed by atoms with Crippen LogP contribution in [0, 0.1) is 0 Å². The summed E-state index contributed by atoms with van der Waals surface area (Å²) in [7, 11) is -2.12. The molecule has 0 aliphatic heterocycles. The van der Waals surface area contributed by atoms with E-state index in [4.69, 9.17) is 4.74 Å². The predicted molar refractivity (Wildman–Crippen MR) is 127 cm³/mol. The highest BCUT2D eigenvalue weighted by molar-refractivity contribution is 7.92. The lowest BCUT2D eigenvalue weighted by molar-refractivity contribution is 0.0993. The van der Waals surface area contributed by atoms with Crippen molar-refractivity contribution in [2.75, 3.05) is 16.7 Å². The molecule has 33 heavy (non-hydrogen) atoms. The minimum atomic E-state index is -3.78. The number of sulfonamides is 1. The highest BCUT2D eigenvalue weighted by Crippen LogP contribution is 2.25. The van der Waals surface area contributed by atoms with Crippen LogP contribution in [0.1, 0.15) is 10.4 Å². The van der Waals surface area contributed by atoms with Gasteiger partial charge in [0, 0.05) is 30.7 Å². The number of ether oxygens (including phenoxy) is 1. The fourth-order valence-electron chi connectivity index (χ4n) is 3.08. The van der Waals surface area contributed by atoms with Crippen molar-refractivity contribution in [2.45, 2.75) is 4.90 Å². The number of pyridine rings is 1. The Morgan fingerprint density at radius 1 is 0.818 bits per heavy atom. The second kappa shape index (κ2) is 9.54. The standard InChI is InChI=1S/C25H21N3O4S/c1-28(21-9-11-23(12-10-21)32-22-5-3-2-4-6-22)25(29)19-7-13-24(14-8-19)33(30,31)27-20-15-17-26-18-16-20/h2-18H,1H3,(H,26,27). The number of anilines is 2. The lowest BCUT2D eigenvalue weighted by Gasteiger charge is -2.18. The zero-order chi connectivity index (χ0) is 23.3. The van der Waals surface area contributed by atoms with Gasteiger partial charge in [0.05, 0.1) is 10.6 Å². The van der Waals surface area contributed by atoms with Gasteiger partial charge in [-0.05, 0) is 72.8 Å². The first-order valence-corrected chi connectivity index (χ1v) is 11.5. The molecule has 4 rings (SSSR count). The molecule has 0 saturated carbocycles. The van der Waals surface area contributed by atoms with E-state index in [0.29, 0.717) is 22.7 Å². The van der Waals surface area contributed by atoms with Crippen LogP contribution in [0.15, 0.2) is 108 Å². The topological polar surface area (TPSA) is 88.6 Å². The smallest absolute Gasteiger partial charge is 0.261 e. The van der Waals surface area contributed by atoms with Gasteiger partial charge < -0.3 is 9.64 Å². The van der Waals surface area contributed by atoms with Crippen molar-refractivity contribution in [3.05, 3.63) is 109 Å². The highest BCUT2D eigenvalue weighted by Gasteiger charge is 2.17. The number of para-hydroxylation sites is 1. The van der Waals surface area contributed by atoms with Crippen molar-refractivity contribution in [1.29, 1.82) is 0 Å². The molecule has 0 aliphatic rings. The molecule has 7 nitrogen and oxygen atoms in total. The van der Waals surface area contributed by atoms with E-state index in [2.05, 4.69) is 9.71 Å². The Morgan fingerprint density at radius 2 is 1.42 bits per heavy atom. The van der Waals surface area contributed by atoms with E-state index in [0.717, 1.165) is 5.75 Å². The van der Waals surface area contributed by atoms with E-state index < -0.39 is 10.0 Å². The van der Waals surface area contributed by atoms with Crippen LogP contribution >= 0.6 is 0 Å². The van der Waals surface area contributed by atoms with Crippen molar-refractivity contribution in [3.8, 4) is 11.5 Å². The third-order valence-corrected chi connectivity index (χ3v) is 6.25. The van der Waals surface area contributed by atoms with E-state index in [1.165, 1.54) is 41.6 Å². The van der Waals surface area contributed by atoms with Gasteiger partial charge in [0.2, 0.25) is 0 Å². The number of nitrogens with zero attached hydrogens (tertiary/aromatic N) is 2. The third-order valence-electron chi connectivity index (χ3n) is 4.85. The molecule has 0 fully saturated rings. The summed E-state index contributed by atoms with van der Waals surface area (Å²) in [5, 5.41) is 0. The summed E-state index contributed by atoms with van der Waals surface area (Å²) in [5.74, 6) is 1.11. The van der Waals surface area contributed by atoms with Crippen LogP contribution in [-0.4, -0.2) is 26.4 Å². The quantitative estimate of drug-likeness (QED) is 0.422. The van der Waals surface area contributed by atoms with Crippen LogP contribution in [0.25, 0.3) is 0 Å². The van der Waals surface area contributed by atoms with E-state index in [1.807, 2.05) is 30.3 Å². The lowest BCUT2D eigenvalue weighted by atomic mass is 10.2. The Kier molecular flexibility index (Phi) is 6.37. The third kappa shape index (κ3) is 5.36. The van der Waals surface area contributed by atoms with Crippen LogP contribution in [0.5, 0.6) is 11.5 Å². The van der Waals surface area contributed by atoms with Crippen LogP contribution in [0.3, 0.4) is 0 Å². The number of amides is 1.